The minimum Gasteiger partial charge on any atom is -0.472 e. The van der Waals surface area contributed by atoms with Crippen molar-refractivity contribution < 1.29 is 18.4 Å². The van der Waals surface area contributed by atoms with Gasteiger partial charge in [0.25, 0.3) is 5.91 Å². The molecule has 6 nitrogen and oxygen atoms in total. The summed E-state index contributed by atoms with van der Waals surface area (Å²) in [5, 5.41) is 0. The van der Waals surface area contributed by atoms with Crippen molar-refractivity contribution in [3.63, 3.8) is 0 Å². The average molecular weight is 330 g/mol. The number of likely N-dealkylation sites (tertiary alicyclic amines) is 1. The number of furan rings is 2. The normalized spacial score (nSPS) is 14.6. The van der Waals surface area contributed by atoms with Crippen molar-refractivity contribution in [3.8, 4) is 0 Å². The van der Waals surface area contributed by atoms with Gasteiger partial charge in [-0.2, -0.15) is 0 Å². The summed E-state index contributed by atoms with van der Waals surface area (Å²) in [6, 6.07) is 5.24. The molecule has 1 saturated heterocycles. The molecule has 2 amide bonds. The lowest BCUT2D eigenvalue weighted by atomic mass is 10.1. The molecular weight excluding hydrogens is 308 g/mol. The van der Waals surface area contributed by atoms with Crippen LogP contribution in [0.2, 0.25) is 0 Å². The quantitative estimate of drug-likeness (QED) is 0.817. The number of nitrogens with zero attached hydrogens (tertiary/aromatic N) is 2. The van der Waals surface area contributed by atoms with E-state index in [2.05, 4.69) is 0 Å². The van der Waals surface area contributed by atoms with E-state index in [-0.39, 0.29) is 11.8 Å². The molecule has 2 aromatic heterocycles. The first kappa shape index (κ1) is 16.4. The van der Waals surface area contributed by atoms with Crippen LogP contribution < -0.4 is 0 Å². The van der Waals surface area contributed by atoms with Gasteiger partial charge < -0.3 is 18.6 Å². The van der Waals surface area contributed by atoms with Crippen LogP contribution in [0.3, 0.4) is 0 Å². The van der Waals surface area contributed by atoms with Gasteiger partial charge in [0.05, 0.1) is 24.6 Å². The Balaban J connectivity index is 1.63. The maximum Gasteiger partial charge on any atom is 0.257 e. The van der Waals surface area contributed by atoms with E-state index in [1.165, 1.54) is 18.9 Å². The first-order chi connectivity index (χ1) is 11.7. The first-order valence-corrected chi connectivity index (χ1v) is 8.35. The van der Waals surface area contributed by atoms with Gasteiger partial charge in [-0.3, -0.25) is 9.59 Å². The summed E-state index contributed by atoms with van der Waals surface area (Å²) in [4.78, 5) is 28.5. The summed E-state index contributed by atoms with van der Waals surface area (Å²) >= 11 is 0. The molecule has 2 aromatic rings. The summed E-state index contributed by atoms with van der Waals surface area (Å²) in [5.41, 5.74) is 0.479. The fourth-order valence-corrected chi connectivity index (χ4v) is 2.94. The molecule has 0 unspecified atom stereocenters. The van der Waals surface area contributed by atoms with Gasteiger partial charge in [-0.15, -0.1) is 0 Å². The van der Waals surface area contributed by atoms with Gasteiger partial charge in [-0.25, -0.2) is 0 Å². The number of carbonyl (C=O) groups is 2. The molecule has 0 aliphatic carbocycles. The molecule has 0 spiro atoms. The molecular formula is C18H22N2O4. The van der Waals surface area contributed by atoms with Crippen LogP contribution in [0.25, 0.3) is 0 Å². The number of hydrogen-bond acceptors (Lipinski definition) is 4. The molecule has 1 aliphatic rings. The Morgan fingerprint density at radius 2 is 1.96 bits per heavy atom. The number of amides is 2. The van der Waals surface area contributed by atoms with Crippen molar-refractivity contribution in [2.24, 2.45) is 0 Å². The Morgan fingerprint density at radius 1 is 1.12 bits per heavy atom. The zero-order chi connectivity index (χ0) is 16.8. The van der Waals surface area contributed by atoms with Crippen LogP contribution in [0, 0.1) is 0 Å². The lowest BCUT2D eigenvalue weighted by Gasteiger charge is -2.28. The Bertz CT molecular complexity index is 643. The molecule has 24 heavy (non-hydrogen) atoms. The van der Waals surface area contributed by atoms with Gasteiger partial charge in [0.1, 0.15) is 12.0 Å². The third kappa shape index (κ3) is 4.07. The Labute approximate surface area is 141 Å². The fourth-order valence-electron chi connectivity index (χ4n) is 2.94. The van der Waals surface area contributed by atoms with Crippen LogP contribution in [-0.4, -0.2) is 41.2 Å². The van der Waals surface area contributed by atoms with E-state index in [1.807, 2.05) is 11.0 Å². The summed E-state index contributed by atoms with van der Waals surface area (Å²) in [5.74, 6) is 0.642. The zero-order valence-electron chi connectivity index (χ0n) is 13.6. The monoisotopic (exact) mass is 330 g/mol. The van der Waals surface area contributed by atoms with Crippen LogP contribution in [0.1, 0.15) is 41.8 Å². The summed E-state index contributed by atoms with van der Waals surface area (Å²) in [7, 11) is 0. The molecule has 0 atom stereocenters. The van der Waals surface area contributed by atoms with Crippen LogP contribution >= 0.6 is 0 Å². The molecule has 0 N–H and O–H groups in total. The van der Waals surface area contributed by atoms with Crippen LogP contribution in [0.15, 0.2) is 45.8 Å². The van der Waals surface area contributed by atoms with Gasteiger partial charge in [0, 0.05) is 26.1 Å². The molecule has 6 heteroatoms. The van der Waals surface area contributed by atoms with E-state index in [0.29, 0.717) is 30.8 Å². The number of rotatable bonds is 6. The molecule has 0 bridgehead atoms. The number of hydrogen-bond donors (Lipinski definition) is 0. The smallest absolute Gasteiger partial charge is 0.257 e. The van der Waals surface area contributed by atoms with E-state index in [9.17, 15) is 9.59 Å². The second-order valence-corrected chi connectivity index (χ2v) is 6.01. The highest BCUT2D eigenvalue weighted by Gasteiger charge is 2.22. The highest BCUT2D eigenvalue weighted by molar-refractivity contribution is 5.94. The lowest BCUT2D eigenvalue weighted by molar-refractivity contribution is -0.132. The van der Waals surface area contributed by atoms with Crippen molar-refractivity contribution in [1.82, 2.24) is 9.80 Å². The minimum absolute atomic E-state index is 0.110. The highest BCUT2D eigenvalue weighted by atomic mass is 16.3. The molecule has 1 aliphatic heterocycles. The van der Waals surface area contributed by atoms with Crippen molar-refractivity contribution in [3.05, 3.63) is 48.3 Å². The van der Waals surface area contributed by atoms with Gasteiger partial charge >= 0.3 is 0 Å². The number of piperidine rings is 1. The largest absolute Gasteiger partial charge is 0.472 e. The van der Waals surface area contributed by atoms with Crippen molar-refractivity contribution in [2.45, 2.75) is 32.2 Å². The second-order valence-electron chi connectivity index (χ2n) is 6.01. The first-order valence-electron chi connectivity index (χ1n) is 8.35. The Morgan fingerprint density at radius 3 is 2.62 bits per heavy atom. The molecule has 128 valence electrons. The number of carbonyl (C=O) groups excluding carboxylic acids is 2. The lowest BCUT2D eigenvalue weighted by Crippen LogP contribution is -2.39. The molecule has 3 rings (SSSR count). The zero-order valence-corrected chi connectivity index (χ0v) is 13.6. The topological polar surface area (TPSA) is 66.9 Å². The molecule has 3 heterocycles. The van der Waals surface area contributed by atoms with E-state index in [4.69, 9.17) is 8.83 Å². The van der Waals surface area contributed by atoms with Gasteiger partial charge in [-0.05, 0) is 37.5 Å². The van der Waals surface area contributed by atoms with E-state index < -0.39 is 0 Å². The summed E-state index contributed by atoms with van der Waals surface area (Å²) < 4.78 is 10.3. The maximum atomic E-state index is 12.6. The minimum atomic E-state index is -0.161. The predicted molar refractivity (Wildman–Crippen MR) is 87.2 cm³/mol. The van der Waals surface area contributed by atoms with Crippen molar-refractivity contribution in [2.75, 3.05) is 19.6 Å². The average Bonchev–Trinajstić information content (AvgIpc) is 3.32. The van der Waals surface area contributed by atoms with Gasteiger partial charge in [0.15, 0.2) is 0 Å². The van der Waals surface area contributed by atoms with E-state index in [1.54, 1.807) is 23.3 Å². The van der Waals surface area contributed by atoms with E-state index in [0.717, 1.165) is 25.9 Å². The summed E-state index contributed by atoms with van der Waals surface area (Å²) in [6.07, 6.45) is 8.11. The fraction of sp³-hybridized carbons (Fsp3) is 0.444. The third-order valence-electron chi connectivity index (χ3n) is 4.29. The second kappa shape index (κ2) is 7.86. The van der Waals surface area contributed by atoms with Crippen molar-refractivity contribution in [1.29, 1.82) is 0 Å². The highest BCUT2D eigenvalue weighted by Crippen LogP contribution is 2.14. The molecule has 0 saturated carbocycles. The summed E-state index contributed by atoms with van der Waals surface area (Å²) in [6.45, 7) is 2.35. The van der Waals surface area contributed by atoms with Crippen LogP contribution in [0.5, 0.6) is 0 Å². The van der Waals surface area contributed by atoms with Gasteiger partial charge in [-0.1, -0.05) is 0 Å². The van der Waals surface area contributed by atoms with Crippen LogP contribution in [-0.2, 0) is 11.3 Å². The van der Waals surface area contributed by atoms with Crippen LogP contribution in [0.4, 0.5) is 0 Å². The predicted octanol–water partition coefficient (Wildman–Crippen LogP) is 2.92. The Hall–Kier alpha value is -2.50. The molecule has 0 aromatic carbocycles. The third-order valence-corrected chi connectivity index (χ3v) is 4.29. The van der Waals surface area contributed by atoms with Gasteiger partial charge in [0.2, 0.25) is 5.91 Å². The SMILES string of the molecule is O=C(CCN(Cc1ccco1)C(=O)c1ccoc1)N1CCCCC1. The van der Waals surface area contributed by atoms with Crippen molar-refractivity contribution >= 4 is 11.8 Å². The molecule has 1 fully saturated rings. The maximum absolute atomic E-state index is 12.6. The molecule has 0 radical (unpaired) electrons. The Kier molecular flexibility index (Phi) is 5.36. The standard InChI is InChI=1S/C18H22N2O4/c21-17(19-8-2-1-3-9-19)6-10-20(13-16-5-4-11-24-16)18(22)15-7-12-23-14-15/h4-5,7,11-12,14H,1-3,6,8-10,13H2. The van der Waals surface area contributed by atoms with E-state index >= 15 is 0 Å².